The van der Waals surface area contributed by atoms with Crippen LogP contribution in [-0.4, -0.2) is 64.7 Å². The maximum absolute atomic E-state index is 13.9. The van der Waals surface area contributed by atoms with Gasteiger partial charge in [0.05, 0.1) is 24.9 Å². The van der Waals surface area contributed by atoms with Gasteiger partial charge in [0.1, 0.15) is 23.7 Å². The Hall–Kier alpha value is -1.81. The molecule has 8 heteroatoms. The molecule has 4 heterocycles. The summed E-state index contributed by atoms with van der Waals surface area (Å²) in [6, 6.07) is -0.638. The predicted molar refractivity (Wildman–Crippen MR) is 150 cm³/mol. The number of hydrogen-bond donors (Lipinski definition) is 3. The Morgan fingerprint density at radius 1 is 1.18 bits per heavy atom. The molecule has 3 N–H and O–H groups in total. The quantitative estimate of drug-likeness (QED) is 0.250. The zero-order chi connectivity index (χ0) is 28.7. The van der Waals surface area contributed by atoms with Gasteiger partial charge < -0.3 is 29.3 Å². The van der Waals surface area contributed by atoms with E-state index in [9.17, 15) is 15.1 Å². The van der Waals surface area contributed by atoms with Crippen LogP contribution in [0.1, 0.15) is 79.6 Å². The maximum atomic E-state index is 13.9. The molecule has 10 atom stereocenters. The lowest BCUT2D eigenvalue weighted by Crippen LogP contribution is -2.60. The lowest BCUT2D eigenvalue weighted by Gasteiger charge is -2.50. The van der Waals surface area contributed by atoms with Gasteiger partial charge >= 0.3 is 5.97 Å². The highest BCUT2D eigenvalue weighted by molar-refractivity contribution is 5.78. The zero-order valence-corrected chi connectivity index (χ0v) is 24.6. The summed E-state index contributed by atoms with van der Waals surface area (Å²) in [5.41, 5.74) is 3.24. The Bertz CT molecular complexity index is 1080. The zero-order valence-electron chi connectivity index (χ0n) is 24.6. The van der Waals surface area contributed by atoms with Crippen LogP contribution in [0.5, 0.6) is 0 Å². The van der Waals surface area contributed by atoms with Crippen LogP contribution < -0.4 is 5.48 Å². The third-order valence-corrected chi connectivity index (χ3v) is 9.68. The third-order valence-electron chi connectivity index (χ3n) is 9.68. The fraction of sp³-hybridized carbons (Fsp3) is 0.719. The SMILES string of the molecule is CC[C@H]1O[C@]2(CC[C@@H]1C)C[C@@H]1C[C@@H](C/C=C(\C)C[C@@H](C)/C=C/C=C3\CO[C@@H]4C(NO)C(C)=C[C@@H](C(=O)O1)[C@]34O)O2. The summed E-state index contributed by atoms with van der Waals surface area (Å²) < 4.78 is 25.6. The second-order valence-electron chi connectivity index (χ2n) is 12.8. The molecule has 0 aromatic carbocycles. The average molecular weight is 558 g/mol. The van der Waals surface area contributed by atoms with Crippen LogP contribution in [0.25, 0.3) is 0 Å². The number of hydroxylamine groups is 1. The molecule has 3 saturated heterocycles. The van der Waals surface area contributed by atoms with E-state index in [1.54, 1.807) is 6.08 Å². The molecule has 222 valence electrons. The lowest BCUT2D eigenvalue weighted by atomic mass is 9.70. The summed E-state index contributed by atoms with van der Waals surface area (Å²) in [5, 5.41) is 22.1. The minimum absolute atomic E-state index is 0.100. The Morgan fingerprint density at radius 2 is 1.98 bits per heavy atom. The van der Waals surface area contributed by atoms with E-state index in [1.165, 1.54) is 5.57 Å². The lowest BCUT2D eigenvalue weighted by molar-refractivity contribution is -0.335. The number of ether oxygens (including phenoxy) is 4. The molecule has 4 aliphatic heterocycles. The molecular weight excluding hydrogens is 510 g/mol. The van der Waals surface area contributed by atoms with Crippen LogP contribution in [-0.2, 0) is 23.7 Å². The number of rotatable bonds is 2. The maximum Gasteiger partial charge on any atom is 0.316 e. The van der Waals surface area contributed by atoms with Crippen LogP contribution in [0.4, 0.5) is 0 Å². The summed E-state index contributed by atoms with van der Waals surface area (Å²) in [4.78, 5) is 13.9. The van der Waals surface area contributed by atoms with Gasteiger partial charge in [0.25, 0.3) is 0 Å². The molecule has 8 nitrogen and oxygen atoms in total. The largest absolute Gasteiger partial charge is 0.462 e. The first-order valence-electron chi connectivity index (χ1n) is 15.1. The molecule has 3 fully saturated rings. The monoisotopic (exact) mass is 557 g/mol. The second kappa shape index (κ2) is 11.8. The van der Waals surface area contributed by atoms with Gasteiger partial charge in [0, 0.05) is 19.3 Å². The number of aliphatic hydroxyl groups is 1. The smallest absolute Gasteiger partial charge is 0.316 e. The van der Waals surface area contributed by atoms with Crippen molar-refractivity contribution >= 4 is 5.97 Å². The standard InChI is InChI=1S/C32H47NO7/c1-6-27-21(4)12-13-31(40-27)17-25-16-24(39-31)11-10-20(3)14-19(2)8-7-9-23-18-37-29-28(33-36)22(5)15-26(30(34)38-25)32(23,29)35/h7-10,15,19,21,24-29,33,35-36H,6,11-14,16-18H2,1-5H3/b8-7+,20-10+,23-9+/t19-,21-,24+,25-,26-,27+,28?,29+,31+,32+/m0/s1. The topological polar surface area (TPSA) is 106 Å². The number of hydrogen-bond acceptors (Lipinski definition) is 8. The summed E-state index contributed by atoms with van der Waals surface area (Å²) in [6.07, 6.45) is 13.9. The van der Waals surface area contributed by atoms with Gasteiger partial charge in [-0.2, -0.15) is 5.48 Å². The molecule has 5 rings (SSSR count). The number of allylic oxidation sites excluding steroid dienone is 4. The van der Waals surface area contributed by atoms with Crippen molar-refractivity contribution in [1.82, 2.24) is 5.48 Å². The van der Waals surface area contributed by atoms with E-state index in [0.717, 1.165) is 37.7 Å². The van der Waals surface area contributed by atoms with Crippen molar-refractivity contribution in [3.05, 3.63) is 47.1 Å². The number of carbonyl (C=O) groups is 1. The first-order valence-corrected chi connectivity index (χ1v) is 15.1. The molecule has 2 bridgehead atoms. The molecule has 0 radical (unpaired) electrons. The van der Waals surface area contributed by atoms with Crippen LogP contribution >= 0.6 is 0 Å². The molecular formula is C32H47NO7. The van der Waals surface area contributed by atoms with Gasteiger partial charge in [-0.25, -0.2) is 0 Å². The van der Waals surface area contributed by atoms with Gasteiger partial charge in [0.15, 0.2) is 5.79 Å². The van der Waals surface area contributed by atoms with Gasteiger partial charge in [0.2, 0.25) is 0 Å². The highest BCUT2D eigenvalue weighted by Crippen LogP contribution is 2.47. The van der Waals surface area contributed by atoms with E-state index in [0.29, 0.717) is 24.3 Å². The summed E-state index contributed by atoms with van der Waals surface area (Å²) in [6.45, 7) is 10.7. The van der Waals surface area contributed by atoms with Crippen LogP contribution in [0.15, 0.2) is 47.1 Å². The molecule has 0 amide bonds. The molecule has 1 unspecified atom stereocenters. The molecule has 0 saturated carbocycles. The normalized spacial score (nSPS) is 47.8. The van der Waals surface area contributed by atoms with E-state index in [1.807, 2.05) is 19.1 Å². The summed E-state index contributed by atoms with van der Waals surface area (Å²) in [7, 11) is 0. The van der Waals surface area contributed by atoms with Crippen molar-refractivity contribution < 1.29 is 34.1 Å². The van der Waals surface area contributed by atoms with E-state index >= 15 is 0 Å². The summed E-state index contributed by atoms with van der Waals surface area (Å²) >= 11 is 0. The number of carbonyl (C=O) groups excluding carboxylic acids is 1. The Balaban J connectivity index is 1.52. The Kier molecular flexibility index (Phi) is 8.77. The molecule has 5 aliphatic rings. The number of nitrogens with one attached hydrogen (secondary N) is 1. The number of fused-ring (bicyclic) bond motifs is 2. The van der Waals surface area contributed by atoms with Gasteiger partial charge in [-0.1, -0.05) is 62.3 Å². The van der Waals surface area contributed by atoms with Gasteiger partial charge in [-0.05, 0) is 56.9 Å². The Labute approximate surface area is 238 Å². The van der Waals surface area contributed by atoms with Crippen LogP contribution in [0, 0.1) is 17.8 Å². The van der Waals surface area contributed by atoms with Crippen molar-refractivity contribution in [1.29, 1.82) is 0 Å². The number of esters is 1. The third kappa shape index (κ3) is 5.63. The van der Waals surface area contributed by atoms with Crippen LogP contribution in [0.3, 0.4) is 0 Å². The van der Waals surface area contributed by atoms with Crippen molar-refractivity contribution in [3.8, 4) is 0 Å². The van der Waals surface area contributed by atoms with Gasteiger partial charge in [-0.15, -0.1) is 0 Å². The fourth-order valence-corrected chi connectivity index (χ4v) is 7.42. The molecule has 0 aromatic rings. The minimum Gasteiger partial charge on any atom is -0.462 e. The van der Waals surface area contributed by atoms with Crippen molar-refractivity contribution in [2.75, 3.05) is 6.61 Å². The molecule has 1 spiro atoms. The van der Waals surface area contributed by atoms with Crippen LogP contribution in [0.2, 0.25) is 0 Å². The Morgan fingerprint density at radius 3 is 2.73 bits per heavy atom. The predicted octanol–water partition coefficient (Wildman–Crippen LogP) is 4.91. The molecule has 40 heavy (non-hydrogen) atoms. The van der Waals surface area contributed by atoms with Crippen molar-refractivity contribution in [2.24, 2.45) is 17.8 Å². The first-order chi connectivity index (χ1) is 19.1. The van der Waals surface area contributed by atoms with Crippen molar-refractivity contribution in [3.63, 3.8) is 0 Å². The minimum atomic E-state index is -1.65. The average Bonchev–Trinajstić information content (AvgIpc) is 3.24. The van der Waals surface area contributed by atoms with E-state index < -0.39 is 41.5 Å². The first kappa shape index (κ1) is 29.7. The second-order valence-corrected chi connectivity index (χ2v) is 12.8. The highest BCUT2D eigenvalue weighted by atomic mass is 16.7. The molecule has 1 aliphatic carbocycles. The van der Waals surface area contributed by atoms with Crippen molar-refractivity contribution in [2.45, 2.75) is 121 Å². The fourth-order valence-electron chi connectivity index (χ4n) is 7.42. The van der Waals surface area contributed by atoms with E-state index in [2.05, 4.69) is 45.3 Å². The van der Waals surface area contributed by atoms with E-state index in [-0.39, 0.29) is 24.7 Å². The van der Waals surface area contributed by atoms with E-state index in [4.69, 9.17) is 18.9 Å². The highest BCUT2D eigenvalue weighted by Gasteiger charge is 2.60. The molecule has 0 aromatic heterocycles. The summed E-state index contributed by atoms with van der Waals surface area (Å²) in [5.74, 6) is -1.51. The van der Waals surface area contributed by atoms with Gasteiger partial charge in [-0.3, -0.25) is 4.79 Å².